The van der Waals surface area contributed by atoms with Gasteiger partial charge in [-0.25, -0.2) is 4.79 Å². The second-order valence-corrected chi connectivity index (χ2v) is 22.6. The van der Waals surface area contributed by atoms with Crippen LogP contribution in [0.3, 0.4) is 0 Å². The molecule has 1 fully saturated rings. The molecule has 1 saturated heterocycles. The number of hydrogen-bond donors (Lipinski definition) is 9. The number of hydrogen-bond acceptors (Lipinski definition) is 11. The first-order valence-corrected chi connectivity index (χ1v) is 27.4. The van der Waals surface area contributed by atoms with Gasteiger partial charge in [-0.05, 0) is 80.5 Å². The molecule has 424 valence electrons. The number of rotatable bonds is 25. The van der Waals surface area contributed by atoms with Crippen LogP contribution in [0.25, 0.3) is 0 Å². The summed E-state index contributed by atoms with van der Waals surface area (Å²) in [6.45, 7) is 22.3. The summed E-state index contributed by atoms with van der Waals surface area (Å²) in [6.07, 6.45) is 5.35. The molecule has 0 aromatic heterocycles. The first kappa shape index (κ1) is 66.7. The van der Waals surface area contributed by atoms with Gasteiger partial charge in [-0.3, -0.25) is 43.2 Å². The van der Waals surface area contributed by atoms with Gasteiger partial charge in [0, 0.05) is 6.42 Å². The number of aliphatic carboxylic acids is 2. The molecule has 0 spiro atoms. The maximum Gasteiger partial charge on any atom is 0.329 e. The average Bonchev–Trinajstić information content (AvgIpc) is 3.28. The van der Waals surface area contributed by atoms with Crippen molar-refractivity contribution in [2.75, 3.05) is 0 Å². The van der Waals surface area contributed by atoms with Gasteiger partial charge in [-0.2, -0.15) is 0 Å². The minimum absolute atomic E-state index is 0.0296. The molecule has 1 rings (SSSR count). The van der Waals surface area contributed by atoms with Crippen LogP contribution in [0.4, 0.5) is 0 Å². The zero-order valence-electron chi connectivity index (χ0n) is 46.7. The molecule has 0 bridgehead atoms. The number of carbonyl (C=O) groups is 10. The average molecular weight is 1050 g/mol. The fourth-order valence-corrected chi connectivity index (χ4v) is 8.73. The Morgan fingerprint density at radius 1 is 0.473 bits per heavy atom. The predicted molar refractivity (Wildman–Crippen MR) is 281 cm³/mol. The lowest BCUT2D eigenvalue weighted by Crippen LogP contribution is -2.60. The van der Waals surface area contributed by atoms with E-state index in [0.717, 1.165) is 44.9 Å². The maximum atomic E-state index is 14.3. The van der Waals surface area contributed by atoms with E-state index < -0.39 is 133 Å². The summed E-state index contributed by atoms with van der Waals surface area (Å²) < 4.78 is 6.07. The van der Waals surface area contributed by atoms with E-state index in [-0.39, 0.29) is 62.2 Å². The second kappa shape index (κ2) is 35.0. The van der Waals surface area contributed by atoms with E-state index in [0.29, 0.717) is 18.8 Å². The monoisotopic (exact) mass is 1050 g/mol. The van der Waals surface area contributed by atoms with Gasteiger partial charge in [0.25, 0.3) is 0 Å². The Bertz CT molecular complexity index is 1820. The molecule has 1 unspecified atom stereocenters. The summed E-state index contributed by atoms with van der Waals surface area (Å²) in [5.41, 5.74) is 0. The fraction of sp³-hybridized carbons (Fsp3) is 0.815. The van der Waals surface area contributed by atoms with Crippen LogP contribution in [0.5, 0.6) is 0 Å². The highest BCUT2D eigenvalue weighted by molar-refractivity contribution is 5.98. The summed E-state index contributed by atoms with van der Waals surface area (Å²) in [5.74, 6) is -10.0. The lowest BCUT2D eigenvalue weighted by molar-refractivity contribution is -0.156. The molecule has 0 aromatic rings. The van der Waals surface area contributed by atoms with Gasteiger partial charge < -0.3 is 52.2 Å². The van der Waals surface area contributed by atoms with E-state index in [9.17, 15) is 58.2 Å². The minimum atomic E-state index is -1.72. The summed E-state index contributed by atoms with van der Waals surface area (Å²) in [7, 11) is 0. The SMILES string of the molecule is CCC(C)[C@@H]1NC(=O)[C@@H](CC(C)C)NC(=O)[C@H](CC(=O)O)NC(=O)[C@H](CC(C)C)NC(=O)[C@@H](CC(C)C)NC(=O)[C@H](CC(C)C)NC(=O)[C@H](CCC(=O)O)NC(=O)C[C@@H](CCCCCCCCCC(C)C)OC1=O. The summed E-state index contributed by atoms with van der Waals surface area (Å²) in [6, 6.07) is -9.63. The number of esters is 1. The molecule has 9 atom stereocenters. The molecular weight excluding hydrogens is 955 g/mol. The van der Waals surface area contributed by atoms with Gasteiger partial charge in [0.15, 0.2) is 0 Å². The number of cyclic esters (lactones) is 1. The summed E-state index contributed by atoms with van der Waals surface area (Å²) in [5, 5.41) is 38.1. The first-order valence-electron chi connectivity index (χ1n) is 27.4. The van der Waals surface area contributed by atoms with Crippen molar-refractivity contribution in [1.29, 1.82) is 0 Å². The number of ether oxygens (including phenoxy) is 1. The van der Waals surface area contributed by atoms with Gasteiger partial charge in [0.1, 0.15) is 48.4 Å². The molecular formula is C54H95N7O13. The molecule has 9 N–H and O–H groups in total. The van der Waals surface area contributed by atoms with Crippen LogP contribution in [-0.4, -0.2) is 118 Å². The van der Waals surface area contributed by atoms with Crippen LogP contribution in [0.1, 0.15) is 199 Å². The zero-order valence-corrected chi connectivity index (χ0v) is 46.7. The number of unbranched alkanes of at least 4 members (excludes halogenated alkanes) is 6. The molecule has 7 amide bonds. The Morgan fingerprint density at radius 2 is 0.851 bits per heavy atom. The van der Waals surface area contributed by atoms with Crippen molar-refractivity contribution in [3.05, 3.63) is 0 Å². The second-order valence-electron chi connectivity index (χ2n) is 22.6. The zero-order chi connectivity index (χ0) is 56.2. The highest BCUT2D eigenvalue weighted by atomic mass is 16.5. The van der Waals surface area contributed by atoms with Crippen molar-refractivity contribution >= 4 is 59.3 Å². The topological polar surface area (TPSA) is 305 Å². The van der Waals surface area contributed by atoms with Crippen molar-refractivity contribution in [1.82, 2.24) is 37.2 Å². The van der Waals surface area contributed by atoms with E-state index in [2.05, 4.69) is 51.1 Å². The van der Waals surface area contributed by atoms with E-state index in [1.807, 2.05) is 13.8 Å². The molecule has 20 nitrogen and oxygen atoms in total. The number of nitrogens with one attached hydrogen (secondary N) is 7. The Morgan fingerprint density at radius 3 is 1.24 bits per heavy atom. The van der Waals surface area contributed by atoms with Crippen LogP contribution >= 0.6 is 0 Å². The molecule has 1 aliphatic rings. The number of carboxylic acids is 2. The molecule has 0 aromatic carbocycles. The van der Waals surface area contributed by atoms with E-state index in [1.165, 1.54) is 0 Å². The number of carbonyl (C=O) groups excluding carboxylic acids is 8. The third kappa shape index (κ3) is 27.8. The van der Waals surface area contributed by atoms with Crippen LogP contribution < -0.4 is 37.2 Å². The van der Waals surface area contributed by atoms with Crippen molar-refractivity contribution < 1.29 is 62.9 Å². The van der Waals surface area contributed by atoms with Gasteiger partial charge in [-0.1, -0.05) is 134 Å². The maximum absolute atomic E-state index is 14.3. The molecule has 74 heavy (non-hydrogen) atoms. The Kier molecular flexibility index (Phi) is 31.6. The van der Waals surface area contributed by atoms with Crippen LogP contribution in [-0.2, 0) is 52.7 Å². The highest BCUT2D eigenvalue weighted by Crippen LogP contribution is 2.20. The van der Waals surface area contributed by atoms with Crippen LogP contribution in [0.15, 0.2) is 0 Å². The smallest absolute Gasteiger partial charge is 0.329 e. The Labute approximate surface area is 440 Å². The molecule has 1 aliphatic heterocycles. The fourth-order valence-electron chi connectivity index (χ4n) is 8.73. The molecule has 0 saturated carbocycles. The van der Waals surface area contributed by atoms with Crippen molar-refractivity contribution in [2.24, 2.45) is 35.5 Å². The van der Waals surface area contributed by atoms with Gasteiger partial charge in [0.05, 0.1) is 12.8 Å². The van der Waals surface area contributed by atoms with Gasteiger partial charge in [0.2, 0.25) is 41.4 Å². The quantitative estimate of drug-likeness (QED) is 0.0408. The summed E-state index contributed by atoms with van der Waals surface area (Å²) >= 11 is 0. The third-order valence-electron chi connectivity index (χ3n) is 12.9. The molecule has 0 radical (unpaired) electrons. The van der Waals surface area contributed by atoms with Crippen molar-refractivity contribution in [3.63, 3.8) is 0 Å². The van der Waals surface area contributed by atoms with Crippen molar-refractivity contribution in [3.8, 4) is 0 Å². The van der Waals surface area contributed by atoms with Crippen LogP contribution in [0.2, 0.25) is 0 Å². The molecule has 0 aliphatic carbocycles. The predicted octanol–water partition coefficient (Wildman–Crippen LogP) is 5.43. The lowest BCUT2D eigenvalue weighted by Gasteiger charge is -2.29. The lowest BCUT2D eigenvalue weighted by atomic mass is 9.97. The van der Waals surface area contributed by atoms with Crippen LogP contribution in [0, 0.1) is 35.5 Å². The molecule has 1 heterocycles. The largest absolute Gasteiger partial charge is 0.481 e. The van der Waals surface area contributed by atoms with Gasteiger partial charge in [-0.15, -0.1) is 0 Å². The number of carboxylic acid groups (broad SMARTS) is 2. The molecule has 20 heteroatoms. The first-order chi connectivity index (χ1) is 34.6. The van der Waals surface area contributed by atoms with Gasteiger partial charge >= 0.3 is 17.9 Å². The Balaban J connectivity index is 3.99. The van der Waals surface area contributed by atoms with E-state index in [1.54, 1.807) is 55.4 Å². The van der Waals surface area contributed by atoms with E-state index in [4.69, 9.17) is 4.74 Å². The van der Waals surface area contributed by atoms with Crippen molar-refractivity contribution in [2.45, 2.75) is 247 Å². The third-order valence-corrected chi connectivity index (χ3v) is 12.9. The minimum Gasteiger partial charge on any atom is -0.481 e. The highest BCUT2D eigenvalue weighted by Gasteiger charge is 2.37. The summed E-state index contributed by atoms with van der Waals surface area (Å²) in [4.78, 5) is 137. The van der Waals surface area contributed by atoms with E-state index >= 15 is 0 Å². The number of amides is 7. The standard InChI is InChI=1S/C54H95N7O13/c1-13-36(12)47-54(73)74-37(22-20-18-16-14-15-17-19-21-31(2)3)29-44(62)55-38(23-24-45(63)64)48(67)56-39(25-32(4)5)49(68)57-40(26-33(6)7)50(69)58-41(27-34(8)9)51(70)60-43(30-46(65)66)52(71)59-42(28-35(10)11)53(72)61-47/h31-43,47H,13-30H2,1-12H3,(H,55,62)(H,56,67)(H,57,68)(H,58,69)(H,59,71)(H,60,70)(H,61,72)(H,63,64)(H,65,66)/t36?,37-,38+,39+,40-,41+,42-,43+,47+/m1/s1. The Hall–Kier alpha value is -5.30. The normalized spacial score (nSPS) is 24.2.